The number of rotatable bonds is 10. The van der Waals surface area contributed by atoms with Gasteiger partial charge >= 0.3 is 6.36 Å². The first-order valence-electron chi connectivity index (χ1n) is 16.5. The minimum Gasteiger partial charge on any atom is -0.406 e. The molecule has 280 valence electrons. The molecule has 54 heavy (non-hydrogen) atoms. The van der Waals surface area contributed by atoms with Crippen molar-refractivity contribution in [3.05, 3.63) is 106 Å². The monoisotopic (exact) mass is 784 g/mol. The van der Waals surface area contributed by atoms with Crippen LogP contribution in [0.2, 0.25) is 10.0 Å². The van der Waals surface area contributed by atoms with Crippen LogP contribution in [-0.4, -0.2) is 54.4 Å². The molecule has 18 heteroatoms. The molecular weight excluding hydrogens is 755 g/mol. The van der Waals surface area contributed by atoms with Gasteiger partial charge in [-0.15, -0.1) is 13.2 Å². The lowest BCUT2D eigenvalue weighted by Gasteiger charge is -2.27. The third-order valence-corrected chi connectivity index (χ3v) is 9.96. The Kier molecular flexibility index (Phi) is 9.16. The number of aromatic nitrogens is 5. The average molecular weight is 786 g/mol. The van der Waals surface area contributed by atoms with Crippen molar-refractivity contribution < 1.29 is 36.7 Å². The zero-order chi connectivity index (χ0) is 38.7. The fraction of sp³-hybridized carbons (Fsp3) is 0.278. The van der Waals surface area contributed by atoms with E-state index >= 15 is 0 Å². The number of pyridine rings is 1. The van der Waals surface area contributed by atoms with Crippen molar-refractivity contribution >= 4 is 52.6 Å². The van der Waals surface area contributed by atoms with Gasteiger partial charge in [0.25, 0.3) is 11.8 Å². The number of fused-ring (bicyclic) bond motifs is 1. The second-order valence-corrected chi connectivity index (χ2v) is 14.2. The summed E-state index contributed by atoms with van der Waals surface area (Å²) >= 11 is 12.1. The average Bonchev–Trinajstić information content (AvgIpc) is 3.44. The number of anilines is 2. The number of halogens is 6. The number of aryl methyl sites for hydroxylation is 1. The van der Waals surface area contributed by atoms with Crippen LogP contribution in [-0.2, 0) is 34.1 Å². The highest BCUT2D eigenvalue weighted by molar-refractivity contribution is 6.35. The summed E-state index contributed by atoms with van der Waals surface area (Å²) in [6, 6.07) is 9.95. The van der Waals surface area contributed by atoms with E-state index in [-0.39, 0.29) is 33.8 Å². The number of ether oxygens (including phenoxy) is 1. The molecule has 0 radical (unpaired) electrons. The van der Waals surface area contributed by atoms with Crippen molar-refractivity contribution in [1.82, 2.24) is 34.9 Å². The number of alkyl halides is 3. The second kappa shape index (κ2) is 13.4. The SMILES string of the molecule is C[C@H](NC(=O)c1cnc2n1[C@](C)(Cc1ccc(OC(F)(F)F)cc1)C(=O)N2c1cc(Cl)c(F)c(Cl)c1)C(=O)NC1(c2ccc(-c3cnn(C)c3)cn2)CC1. The molecule has 1 saturated carbocycles. The molecule has 0 unspecified atom stereocenters. The van der Waals surface area contributed by atoms with Gasteiger partial charge in [-0.25, -0.2) is 14.3 Å². The lowest BCUT2D eigenvalue weighted by molar-refractivity contribution is -0.274. The fourth-order valence-electron chi connectivity index (χ4n) is 6.51. The van der Waals surface area contributed by atoms with Crippen LogP contribution in [0.3, 0.4) is 0 Å². The van der Waals surface area contributed by atoms with Gasteiger partial charge in [0, 0.05) is 37.0 Å². The zero-order valence-electron chi connectivity index (χ0n) is 28.7. The van der Waals surface area contributed by atoms with E-state index in [9.17, 15) is 31.9 Å². The van der Waals surface area contributed by atoms with Gasteiger partial charge in [-0.3, -0.25) is 28.6 Å². The number of nitrogens with zero attached hydrogens (tertiary/aromatic N) is 6. The van der Waals surface area contributed by atoms with E-state index < -0.39 is 52.8 Å². The molecular formula is C36H30Cl2F4N8O4. The molecule has 4 heterocycles. The maximum absolute atomic E-state index is 14.4. The highest BCUT2D eigenvalue weighted by Crippen LogP contribution is 2.46. The third kappa shape index (κ3) is 6.86. The molecule has 0 bridgehead atoms. The minimum atomic E-state index is -4.91. The molecule has 5 aromatic rings. The number of carbonyl (C=O) groups excluding carboxylic acids is 3. The minimum absolute atomic E-state index is 0.0433. The van der Waals surface area contributed by atoms with Crippen molar-refractivity contribution in [3.63, 3.8) is 0 Å². The number of hydrogen-bond acceptors (Lipinski definition) is 7. The van der Waals surface area contributed by atoms with Crippen LogP contribution in [0.5, 0.6) is 5.75 Å². The van der Waals surface area contributed by atoms with Crippen molar-refractivity contribution in [3.8, 4) is 16.9 Å². The zero-order valence-corrected chi connectivity index (χ0v) is 30.2. The third-order valence-electron chi connectivity index (χ3n) is 9.41. The molecule has 2 aliphatic rings. The van der Waals surface area contributed by atoms with Crippen LogP contribution in [0, 0.1) is 5.82 Å². The molecule has 0 spiro atoms. The largest absolute Gasteiger partial charge is 0.573 e. The summed E-state index contributed by atoms with van der Waals surface area (Å²) in [5, 5.41) is 9.14. The van der Waals surface area contributed by atoms with Crippen molar-refractivity contribution in [2.75, 3.05) is 4.90 Å². The quantitative estimate of drug-likeness (QED) is 0.121. The summed E-state index contributed by atoms with van der Waals surface area (Å²) in [4.78, 5) is 51.8. The van der Waals surface area contributed by atoms with E-state index in [1.807, 2.05) is 25.4 Å². The lowest BCUT2D eigenvalue weighted by atomic mass is 9.91. The van der Waals surface area contributed by atoms with Crippen LogP contribution < -0.4 is 20.3 Å². The fourth-order valence-corrected chi connectivity index (χ4v) is 6.98. The molecule has 3 amide bonds. The van der Waals surface area contributed by atoms with E-state index in [0.717, 1.165) is 28.2 Å². The van der Waals surface area contributed by atoms with Gasteiger partial charge < -0.3 is 15.4 Å². The molecule has 1 aliphatic carbocycles. The van der Waals surface area contributed by atoms with Gasteiger partial charge in [-0.2, -0.15) is 5.10 Å². The Balaban J connectivity index is 1.14. The Morgan fingerprint density at radius 3 is 2.26 bits per heavy atom. The number of imidazole rings is 1. The molecule has 1 fully saturated rings. The van der Waals surface area contributed by atoms with E-state index in [1.165, 1.54) is 48.9 Å². The lowest BCUT2D eigenvalue weighted by Crippen LogP contribution is -2.49. The summed E-state index contributed by atoms with van der Waals surface area (Å²) in [6.45, 7) is 3.02. The first kappa shape index (κ1) is 36.9. The van der Waals surface area contributed by atoms with Crippen LogP contribution in [0.1, 0.15) is 48.4 Å². The van der Waals surface area contributed by atoms with Crippen LogP contribution in [0.4, 0.5) is 29.2 Å². The second-order valence-electron chi connectivity index (χ2n) is 13.4. The Bertz CT molecular complexity index is 2270. The van der Waals surface area contributed by atoms with Crippen LogP contribution >= 0.6 is 23.2 Å². The number of hydrogen-bond donors (Lipinski definition) is 2. The topological polar surface area (TPSA) is 136 Å². The van der Waals surface area contributed by atoms with Crippen LogP contribution in [0.25, 0.3) is 11.1 Å². The smallest absolute Gasteiger partial charge is 0.406 e. The summed E-state index contributed by atoms with van der Waals surface area (Å²) in [6.07, 6.45) is 2.77. The van der Waals surface area contributed by atoms with Gasteiger partial charge in [-0.05, 0) is 62.6 Å². The van der Waals surface area contributed by atoms with Crippen LogP contribution in [0.15, 0.2) is 73.3 Å². The number of nitrogens with one attached hydrogen (secondary N) is 2. The van der Waals surface area contributed by atoms with Gasteiger partial charge in [-0.1, -0.05) is 41.4 Å². The molecule has 0 saturated heterocycles. The molecule has 7 rings (SSSR count). The first-order valence-corrected chi connectivity index (χ1v) is 17.2. The van der Waals surface area contributed by atoms with E-state index in [4.69, 9.17) is 23.2 Å². The summed E-state index contributed by atoms with van der Waals surface area (Å²) in [5.74, 6) is -3.26. The highest BCUT2D eigenvalue weighted by atomic mass is 35.5. The number of amides is 3. The van der Waals surface area contributed by atoms with E-state index in [2.05, 4.69) is 30.4 Å². The normalized spacial score (nSPS) is 17.9. The molecule has 2 aromatic carbocycles. The Morgan fingerprint density at radius 1 is 1.00 bits per heavy atom. The Morgan fingerprint density at radius 2 is 1.69 bits per heavy atom. The molecule has 1 aliphatic heterocycles. The maximum Gasteiger partial charge on any atom is 0.573 e. The maximum atomic E-state index is 14.4. The first-order chi connectivity index (χ1) is 25.5. The van der Waals surface area contributed by atoms with Gasteiger partial charge in [0.15, 0.2) is 5.82 Å². The highest BCUT2D eigenvalue weighted by Gasteiger charge is 2.52. The predicted octanol–water partition coefficient (Wildman–Crippen LogP) is 6.58. The van der Waals surface area contributed by atoms with Gasteiger partial charge in [0.05, 0.1) is 39.4 Å². The molecule has 12 nitrogen and oxygen atoms in total. The van der Waals surface area contributed by atoms with E-state index in [0.29, 0.717) is 24.1 Å². The Hall–Kier alpha value is -5.48. The molecule has 3 aromatic heterocycles. The van der Waals surface area contributed by atoms with Crippen molar-refractivity contribution in [2.24, 2.45) is 7.05 Å². The predicted molar refractivity (Wildman–Crippen MR) is 189 cm³/mol. The standard InChI is InChI=1S/C36H30Cl2F4N8O4/c1-19(30(51)47-35(10-11-35)28-9-6-21(15-43-28)22-16-45-48(3)18-22)46-31(52)27-17-44-33-49(23-12-25(37)29(39)26(38)13-23)32(53)34(2,50(27)33)14-20-4-7-24(8-5-20)54-36(40,41)42/h4-9,12-13,15-19H,10-11,14H2,1-3H3,(H,46,52)(H,47,51)/t19-,34+/m0/s1. The van der Waals surface area contributed by atoms with E-state index in [1.54, 1.807) is 17.1 Å². The molecule has 2 N–H and O–H groups in total. The molecule has 2 atom stereocenters. The van der Waals surface area contributed by atoms with Gasteiger partial charge in [0.1, 0.15) is 23.0 Å². The number of carbonyl (C=O) groups is 3. The van der Waals surface area contributed by atoms with Gasteiger partial charge in [0.2, 0.25) is 11.9 Å². The van der Waals surface area contributed by atoms with Crippen molar-refractivity contribution in [1.29, 1.82) is 0 Å². The number of benzene rings is 2. The van der Waals surface area contributed by atoms with Crippen molar-refractivity contribution in [2.45, 2.75) is 56.6 Å². The summed E-state index contributed by atoms with van der Waals surface area (Å²) in [7, 11) is 1.82. The summed E-state index contributed by atoms with van der Waals surface area (Å²) in [5.41, 5.74) is 0.473. The Labute approximate surface area is 315 Å². The summed E-state index contributed by atoms with van der Waals surface area (Å²) < 4.78 is 59.8.